The fourth-order valence-corrected chi connectivity index (χ4v) is 2.13. The highest BCUT2D eigenvalue weighted by atomic mass is 16.5. The lowest BCUT2D eigenvalue weighted by Crippen LogP contribution is -2.42. The van der Waals surface area contributed by atoms with Crippen LogP contribution in [0.25, 0.3) is 0 Å². The number of nitrogens with two attached hydrogens (primary N) is 1. The molecule has 0 atom stereocenters. The molecule has 0 aliphatic rings. The van der Waals surface area contributed by atoms with E-state index in [-0.39, 0.29) is 5.97 Å². The van der Waals surface area contributed by atoms with E-state index >= 15 is 0 Å². The molecule has 0 saturated heterocycles. The smallest absolute Gasteiger partial charge is 0.312 e. The molecule has 0 bridgehead atoms. The second kappa shape index (κ2) is 6.75. The van der Waals surface area contributed by atoms with Crippen LogP contribution >= 0.6 is 0 Å². The zero-order valence-corrected chi connectivity index (χ0v) is 13.1. The van der Waals surface area contributed by atoms with E-state index in [2.05, 4.69) is 18.7 Å². The predicted octanol–water partition coefficient (Wildman–Crippen LogP) is 2.68. The Morgan fingerprint density at radius 2 is 1.85 bits per heavy atom. The van der Waals surface area contributed by atoms with Gasteiger partial charge in [0.05, 0.1) is 12.5 Å². The molecular formula is C16H26N2O2. The van der Waals surface area contributed by atoms with Crippen molar-refractivity contribution in [2.24, 2.45) is 5.41 Å². The molecule has 4 nitrogen and oxygen atoms in total. The van der Waals surface area contributed by atoms with Crippen molar-refractivity contribution in [2.45, 2.75) is 40.3 Å². The third-order valence-electron chi connectivity index (χ3n) is 3.43. The van der Waals surface area contributed by atoms with Gasteiger partial charge in [-0.2, -0.15) is 0 Å². The van der Waals surface area contributed by atoms with Crippen LogP contribution in [0, 0.1) is 5.41 Å². The molecule has 0 radical (unpaired) electrons. The van der Waals surface area contributed by atoms with Crippen molar-refractivity contribution in [3.05, 3.63) is 29.8 Å². The lowest BCUT2D eigenvalue weighted by Gasteiger charge is -2.33. The summed E-state index contributed by atoms with van der Waals surface area (Å²) in [5.41, 5.74) is 7.13. The van der Waals surface area contributed by atoms with Gasteiger partial charge >= 0.3 is 5.97 Å². The summed E-state index contributed by atoms with van der Waals surface area (Å²) in [6.07, 6.45) is 0. The van der Waals surface area contributed by atoms with Gasteiger partial charge in [-0.1, -0.05) is 12.1 Å². The molecule has 0 heterocycles. The Morgan fingerprint density at radius 1 is 1.30 bits per heavy atom. The first kappa shape index (κ1) is 16.5. The Hall–Kier alpha value is -1.55. The molecule has 4 heteroatoms. The van der Waals surface area contributed by atoms with Crippen LogP contribution in [0.5, 0.6) is 0 Å². The first-order valence-corrected chi connectivity index (χ1v) is 6.93. The Balaban J connectivity index is 2.80. The van der Waals surface area contributed by atoms with Crippen LogP contribution in [-0.4, -0.2) is 30.6 Å². The number of hydrogen-bond acceptors (Lipinski definition) is 4. The first-order chi connectivity index (χ1) is 9.26. The van der Waals surface area contributed by atoms with E-state index in [1.807, 2.05) is 38.1 Å². The van der Waals surface area contributed by atoms with Gasteiger partial charge in [0.1, 0.15) is 0 Å². The molecule has 0 aliphatic heterocycles. The number of nitrogens with zero attached hydrogens (tertiary/aromatic N) is 1. The number of hydrogen-bond donors (Lipinski definition) is 1. The van der Waals surface area contributed by atoms with Crippen LogP contribution in [0.4, 0.5) is 5.69 Å². The number of nitrogen functional groups attached to an aromatic ring is 1. The fourth-order valence-electron chi connectivity index (χ4n) is 2.13. The van der Waals surface area contributed by atoms with E-state index in [9.17, 15) is 4.79 Å². The molecule has 1 aromatic carbocycles. The van der Waals surface area contributed by atoms with Crippen LogP contribution < -0.4 is 5.73 Å². The fraction of sp³-hybridized carbons (Fsp3) is 0.562. The van der Waals surface area contributed by atoms with E-state index in [0.29, 0.717) is 12.6 Å². The predicted molar refractivity (Wildman–Crippen MR) is 82.2 cm³/mol. The number of ether oxygens (including phenoxy) is 1. The summed E-state index contributed by atoms with van der Waals surface area (Å²) in [6, 6.07) is 8.20. The summed E-state index contributed by atoms with van der Waals surface area (Å²) in [5.74, 6) is -0.180. The second-order valence-electron chi connectivity index (χ2n) is 6.12. The van der Waals surface area contributed by atoms with Crippen LogP contribution in [0.3, 0.4) is 0 Å². The first-order valence-electron chi connectivity index (χ1n) is 6.93. The number of anilines is 1. The second-order valence-corrected chi connectivity index (χ2v) is 6.12. The summed E-state index contributed by atoms with van der Waals surface area (Å²) in [4.78, 5) is 14.1. The third-order valence-corrected chi connectivity index (χ3v) is 3.43. The topological polar surface area (TPSA) is 55.6 Å². The zero-order chi connectivity index (χ0) is 15.3. The van der Waals surface area contributed by atoms with E-state index in [0.717, 1.165) is 12.2 Å². The molecule has 1 aromatic rings. The maximum Gasteiger partial charge on any atom is 0.312 e. The summed E-state index contributed by atoms with van der Waals surface area (Å²) in [6.45, 7) is 9.53. The van der Waals surface area contributed by atoms with Crippen molar-refractivity contribution in [1.82, 2.24) is 4.90 Å². The lowest BCUT2D eigenvalue weighted by atomic mass is 9.92. The zero-order valence-electron chi connectivity index (χ0n) is 13.1. The summed E-state index contributed by atoms with van der Waals surface area (Å²) >= 11 is 0. The van der Waals surface area contributed by atoms with Gasteiger partial charge in [-0.05, 0) is 45.4 Å². The van der Waals surface area contributed by atoms with Gasteiger partial charge in [0, 0.05) is 24.8 Å². The van der Waals surface area contributed by atoms with Gasteiger partial charge < -0.3 is 10.5 Å². The number of benzene rings is 1. The lowest BCUT2D eigenvalue weighted by molar-refractivity contribution is -0.152. The highest BCUT2D eigenvalue weighted by molar-refractivity contribution is 5.76. The quantitative estimate of drug-likeness (QED) is 0.642. The monoisotopic (exact) mass is 278 g/mol. The van der Waals surface area contributed by atoms with Crippen molar-refractivity contribution >= 4 is 11.7 Å². The number of carbonyl (C=O) groups excluding carboxylic acids is 1. The Labute approximate surface area is 121 Å². The van der Waals surface area contributed by atoms with Gasteiger partial charge in [0.25, 0.3) is 0 Å². The standard InChI is InChI=1S/C16H26N2O2/c1-12(2)18(11-16(3,4)15(19)20-5)10-13-6-8-14(17)9-7-13/h6-9,12H,10-11,17H2,1-5H3. The highest BCUT2D eigenvalue weighted by Gasteiger charge is 2.31. The summed E-state index contributed by atoms with van der Waals surface area (Å²) < 4.78 is 4.88. The minimum absolute atomic E-state index is 0.180. The maximum atomic E-state index is 11.8. The number of methoxy groups -OCH3 is 1. The maximum absolute atomic E-state index is 11.8. The van der Waals surface area contributed by atoms with Gasteiger partial charge in [-0.25, -0.2) is 0 Å². The molecule has 20 heavy (non-hydrogen) atoms. The minimum atomic E-state index is -0.521. The van der Waals surface area contributed by atoms with E-state index in [1.54, 1.807) is 0 Å². The van der Waals surface area contributed by atoms with Gasteiger partial charge in [-0.3, -0.25) is 9.69 Å². The molecule has 0 aliphatic carbocycles. The van der Waals surface area contributed by atoms with Crippen molar-refractivity contribution in [1.29, 1.82) is 0 Å². The van der Waals surface area contributed by atoms with Crippen LogP contribution in [0.15, 0.2) is 24.3 Å². The molecular weight excluding hydrogens is 252 g/mol. The third kappa shape index (κ3) is 4.53. The van der Waals surface area contributed by atoms with Crippen LogP contribution in [0.1, 0.15) is 33.3 Å². The molecule has 2 N–H and O–H groups in total. The van der Waals surface area contributed by atoms with Gasteiger partial charge in [0.2, 0.25) is 0 Å². The molecule has 0 spiro atoms. The number of esters is 1. The molecule has 0 aromatic heterocycles. The average Bonchev–Trinajstić information content (AvgIpc) is 2.39. The number of rotatable bonds is 6. The Morgan fingerprint density at radius 3 is 2.30 bits per heavy atom. The molecule has 0 saturated carbocycles. The highest BCUT2D eigenvalue weighted by Crippen LogP contribution is 2.22. The van der Waals surface area contributed by atoms with Crippen molar-refractivity contribution in [2.75, 3.05) is 19.4 Å². The average molecular weight is 278 g/mol. The van der Waals surface area contributed by atoms with Gasteiger partial charge in [-0.15, -0.1) is 0 Å². The largest absolute Gasteiger partial charge is 0.469 e. The SMILES string of the molecule is COC(=O)C(C)(C)CN(Cc1ccc(N)cc1)C(C)C. The van der Waals surface area contributed by atoms with Crippen molar-refractivity contribution < 1.29 is 9.53 Å². The van der Waals surface area contributed by atoms with E-state index in [1.165, 1.54) is 12.7 Å². The normalized spacial score (nSPS) is 11.9. The van der Waals surface area contributed by atoms with E-state index < -0.39 is 5.41 Å². The summed E-state index contributed by atoms with van der Waals surface area (Å²) in [7, 11) is 1.43. The Kier molecular flexibility index (Phi) is 5.57. The minimum Gasteiger partial charge on any atom is -0.469 e. The molecule has 0 amide bonds. The van der Waals surface area contributed by atoms with E-state index in [4.69, 9.17) is 10.5 Å². The van der Waals surface area contributed by atoms with Gasteiger partial charge in [0.15, 0.2) is 0 Å². The molecule has 0 fully saturated rings. The Bertz CT molecular complexity index is 438. The van der Waals surface area contributed by atoms with Crippen molar-refractivity contribution in [3.8, 4) is 0 Å². The molecule has 1 rings (SSSR count). The number of carbonyl (C=O) groups is 1. The van der Waals surface area contributed by atoms with Crippen molar-refractivity contribution in [3.63, 3.8) is 0 Å². The molecule has 0 unspecified atom stereocenters. The molecule has 112 valence electrons. The summed E-state index contributed by atoms with van der Waals surface area (Å²) in [5, 5.41) is 0. The van der Waals surface area contributed by atoms with Crippen LogP contribution in [-0.2, 0) is 16.1 Å². The van der Waals surface area contributed by atoms with Crippen LogP contribution in [0.2, 0.25) is 0 Å².